The van der Waals surface area contributed by atoms with Crippen molar-refractivity contribution in [1.82, 2.24) is 15.5 Å². The average Bonchev–Trinajstić information content (AvgIpc) is 2.47. The van der Waals surface area contributed by atoms with Crippen LogP contribution in [0, 0.1) is 0 Å². The molecule has 6 nitrogen and oxygen atoms in total. The van der Waals surface area contributed by atoms with Crippen LogP contribution in [-0.4, -0.2) is 53.7 Å². The highest BCUT2D eigenvalue weighted by atomic mass is 16.4. The maximum atomic E-state index is 12.5. The summed E-state index contributed by atoms with van der Waals surface area (Å²) < 4.78 is 0. The topological polar surface area (TPSA) is 81.7 Å². The summed E-state index contributed by atoms with van der Waals surface area (Å²) in [7, 11) is 1.82. The van der Waals surface area contributed by atoms with E-state index >= 15 is 0 Å². The lowest BCUT2D eigenvalue weighted by Crippen LogP contribution is -2.57. The van der Waals surface area contributed by atoms with Gasteiger partial charge in [0, 0.05) is 13.1 Å². The molecule has 3 N–H and O–H groups in total. The molecule has 1 heterocycles. The van der Waals surface area contributed by atoms with E-state index in [1.807, 2.05) is 7.05 Å². The Morgan fingerprint density at radius 3 is 2.43 bits per heavy atom. The minimum atomic E-state index is -0.832. The van der Waals surface area contributed by atoms with Gasteiger partial charge in [0.2, 0.25) is 0 Å². The molecule has 0 bridgehead atoms. The third-order valence-corrected chi connectivity index (χ3v) is 4.85. The molecule has 0 unspecified atom stereocenters. The Morgan fingerprint density at radius 2 is 1.86 bits per heavy atom. The number of piperidine rings is 1. The number of hydrogen-bond acceptors (Lipinski definition) is 3. The number of urea groups is 1. The molecule has 2 fully saturated rings. The molecule has 1 saturated heterocycles. The predicted molar refractivity (Wildman–Crippen MR) is 80.3 cm³/mol. The molecule has 0 aromatic heterocycles. The molecule has 21 heavy (non-hydrogen) atoms. The molecule has 2 amide bonds. The van der Waals surface area contributed by atoms with Gasteiger partial charge in [-0.3, -0.25) is 4.79 Å². The number of rotatable bonds is 4. The number of nitrogens with zero attached hydrogens (tertiary/aromatic N) is 1. The van der Waals surface area contributed by atoms with Crippen molar-refractivity contribution in [3.8, 4) is 0 Å². The van der Waals surface area contributed by atoms with Crippen LogP contribution in [0.5, 0.6) is 0 Å². The number of hydrogen-bond donors (Lipinski definition) is 3. The molecule has 0 atom stereocenters. The van der Waals surface area contributed by atoms with E-state index in [-0.39, 0.29) is 18.5 Å². The monoisotopic (exact) mass is 297 g/mol. The van der Waals surface area contributed by atoms with Crippen molar-refractivity contribution in [2.24, 2.45) is 0 Å². The molecule has 2 rings (SSSR count). The van der Waals surface area contributed by atoms with Crippen LogP contribution in [0.15, 0.2) is 0 Å². The molecule has 0 aromatic rings. The summed E-state index contributed by atoms with van der Waals surface area (Å²) in [6, 6.07) is 0.127. The summed E-state index contributed by atoms with van der Waals surface area (Å²) in [4.78, 5) is 25.4. The molecular weight excluding hydrogens is 270 g/mol. The van der Waals surface area contributed by atoms with E-state index in [2.05, 4.69) is 10.6 Å². The van der Waals surface area contributed by atoms with Gasteiger partial charge in [-0.25, -0.2) is 4.79 Å². The number of carboxylic acids is 1. The van der Waals surface area contributed by atoms with Crippen LogP contribution in [-0.2, 0) is 4.79 Å². The Labute approximate surface area is 126 Å². The van der Waals surface area contributed by atoms with E-state index in [0.29, 0.717) is 0 Å². The Hall–Kier alpha value is -1.30. The van der Waals surface area contributed by atoms with E-state index in [1.54, 1.807) is 4.90 Å². The lowest BCUT2D eigenvalue weighted by atomic mass is 9.79. The van der Waals surface area contributed by atoms with Gasteiger partial charge in [-0.05, 0) is 38.8 Å². The number of amides is 2. The molecule has 1 aliphatic heterocycles. The zero-order valence-corrected chi connectivity index (χ0v) is 12.9. The zero-order valence-electron chi connectivity index (χ0n) is 12.9. The van der Waals surface area contributed by atoms with Crippen LogP contribution in [0.3, 0.4) is 0 Å². The number of carbonyl (C=O) groups is 2. The number of carbonyl (C=O) groups excluding carboxylic acids is 1. The van der Waals surface area contributed by atoms with Gasteiger partial charge in [0.05, 0.1) is 12.0 Å². The van der Waals surface area contributed by atoms with Gasteiger partial charge in [0.25, 0.3) is 0 Å². The first-order valence-electron chi connectivity index (χ1n) is 8.00. The second-order valence-corrected chi connectivity index (χ2v) is 6.43. The van der Waals surface area contributed by atoms with E-state index in [9.17, 15) is 9.59 Å². The molecule has 1 saturated carbocycles. The molecule has 0 aromatic carbocycles. The highest BCUT2D eigenvalue weighted by Crippen LogP contribution is 2.31. The summed E-state index contributed by atoms with van der Waals surface area (Å²) >= 11 is 0. The fourth-order valence-electron chi connectivity index (χ4n) is 3.54. The quantitative estimate of drug-likeness (QED) is 0.735. The largest absolute Gasteiger partial charge is 0.481 e. The van der Waals surface area contributed by atoms with Crippen molar-refractivity contribution in [3.63, 3.8) is 0 Å². The summed E-state index contributed by atoms with van der Waals surface area (Å²) in [6.45, 7) is 1.87. The van der Waals surface area contributed by atoms with Crippen molar-refractivity contribution in [2.75, 3.05) is 20.1 Å². The summed E-state index contributed by atoms with van der Waals surface area (Å²) in [5.41, 5.74) is -0.553. The molecule has 0 spiro atoms. The standard InChI is InChI=1S/C15H27N3O3/c1-18(12-5-9-16-10-6-12)14(21)17-15(11-13(19)20)7-3-2-4-8-15/h12,16H,2-11H2,1H3,(H,17,21)(H,19,20). The van der Waals surface area contributed by atoms with Gasteiger partial charge in [0.1, 0.15) is 0 Å². The zero-order chi connectivity index (χ0) is 15.3. The van der Waals surface area contributed by atoms with Crippen LogP contribution in [0.4, 0.5) is 4.79 Å². The smallest absolute Gasteiger partial charge is 0.317 e. The fourth-order valence-corrected chi connectivity index (χ4v) is 3.54. The Bertz CT molecular complexity index is 374. The molecule has 0 radical (unpaired) electrons. The molecule has 1 aliphatic carbocycles. The lowest BCUT2D eigenvalue weighted by molar-refractivity contribution is -0.139. The fraction of sp³-hybridized carbons (Fsp3) is 0.867. The number of nitrogens with one attached hydrogen (secondary N) is 2. The maximum absolute atomic E-state index is 12.5. The Balaban J connectivity index is 1.97. The molecule has 6 heteroatoms. The van der Waals surface area contributed by atoms with Gasteiger partial charge < -0.3 is 20.6 Å². The highest BCUT2D eigenvalue weighted by molar-refractivity contribution is 5.77. The number of aliphatic carboxylic acids is 1. The normalized spacial score (nSPS) is 22.5. The lowest BCUT2D eigenvalue weighted by Gasteiger charge is -2.40. The average molecular weight is 297 g/mol. The minimum Gasteiger partial charge on any atom is -0.481 e. The number of carboxylic acid groups (broad SMARTS) is 1. The summed E-state index contributed by atoms with van der Waals surface area (Å²) in [5, 5.41) is 15.5. The Morgan fingerprint density at radius 1 is 1.24 bits per heavy atom. The van der Waals surface area contributed by atoms with E-state index in [4.69, 9.17) is 5.11 Å². The van der Waals surface area contributed by atoms with Crippen LogP contribution in [0.25, 0.3) is 0 Å². The van der Waals surface area contributed by atoms with Crippen LogP contribution >= 0.6 is 0 Å². The SMILES string of the molecule is CN(C(=O)NC1(CC(=O)O)CCCCC1)C1CCNCC1. The molecular formula is C15H27N3O3. The van der Waals surface area contributed by atoms with Crippen molar-refractivity contribution in [2.45, 2.75) is 62.9 Å². The van der Waals surface area contributed by atoms with E-state index < -0.39 is 11.5 Å². The first kappa shape index (κ1) is 16.1. The summed E-state index contributed by atoms with van der Waals surface area (Å²) in [5.74, 6) is -0.832. The minimum absolute atomic E-state index is 0.0266. The first-order valence-corrected chi connectivity index (χ1v) is 8.00. The van der Waals surface area contributed by atoms with E-state index in [1.165, 1.54) is 0 Å². The maximum Gasteiger partial charge on any atom is 0.317 e. The highest BCUT2D eigenvalue weighted by Gasteiger charge is 2.37. The van der Waals surface area contributed by atoms with Crippen molar-refractivity contribution >= 4 is 12.0 Å². The van der Waals surface area contributed by atoms with Crippen LogP contribution < -0.4 is 10.6 Å². The van der Waals surface area contributed by atoms with Gasteiger partial charge in [-0.1, -0.05) is 19.3 Å². The molecule has 2 aliphatic rings. The third-order valence-electron chi connectivity index (χ3n) is 4.85. The van der Waals surface area contributed by atoms with Gasteiger partial charge in [-0.15, -0.1) is 0 Å². The van der Waals surface area contributed by atoms with Crippen LogP contribution in [0.1, 0.15) is 51.4 Å². The van der Waals surface area contributed by atoms with E-state index in [0.717, 1.165) is 58.0 Å². The first-order chi connectivity index (χ1) is 10.0. The van der Waals surface area contributed by atoms with Crippen molar-refractivity contribution in [3.05, 3.63) is 0 Å². The van der Waals surface area contributed by atoms with Crippen molar-refractivity contribution < 1.29 is 14.7 Å². The Kier molecular flexibility index (Phi) is 5.45. The van der Waals surface area contributed by atoms with Gasteiger partial charge >= 0.3 is 12.0 Å². The second kappa shape index (κ2) is 7.11. The van der Waals surface area contributed by atoms with Gasteiger partial charge in [-0.2, -0.15) is 0 Å². The van der Waals surface area contributed by atoms with Crippen molar-refractivity contribution in [1.29, 1.82) is 0 Å². The van der Waals surface area contributed by atoms with Crippen LogP contribution in [0.2, 0.25) is 0 Å². The third kappa shape index (κ3) is 4.33. The second-order valence-electron chi connectivity index (χ2n) is 6.43. The molecule has 120 valence electrons. The predicted octanol–water partition coefficient (Wildman–Crippen LogP) is 1.56. The van der Waals surface area contributed by atoms with Gasteiger partial charge in [0.15, 0.2) is 0 Å². The summed E-state index contributed by atoms with van der Waals surface area (Å²) in [6.07, 6.45) is 6.58.